The molecule has 0 bridgehead atoms. The maximum atomic E-state index is 11.4. The smallest absolute Gasteiger partial charge is 0.280 e. The lowest BCUT2D eigenvalue weighted by Gasteiger charge is -2.06. The molecular weight excluding hydrogens is 291 g/mol. The molecular formula is C10H15IN2O. The summed E-state index contributed by atoms with van der Waals surface area (Å²) >= 11 is 1.93. The van der Waals surface area contributed by atoms with E-state index in [1.54, 1.807) is 19.3 Å². The van der Waals surface area contributed by atoms with Crippen LogP contribution in [-0.2, 0) is 0 Å². The lowest BCUT2D eigenvalue weighted by atomic mass is 10.2. The molecule has 1 rings (SSSR count). The minimum Gasteiger partial charge on any atom is -0.283 e. The average molecular weight is 306 g/mol. The molecule has 4 heteroatoms. The first-order valence-electron chi connectivity index (χ1n) is 4.48. The topological polar surface area (TPSA) is 33.2 Å². The summed E-state index contributed by atoms with van der Waals surface area (Å²) < 4.78 is 1.49. The summed E-state index contributed by atoms with van der Waals surface area (Å²) in [5.74, 6) is -0.0701. The van der Waals surface area contributed by atoms with Gasteiger partial charge in [-0.25, -0.2) is 0 Å². The predicted molar refractivity (Wildman–Crippen MR) is 66.4 cm³/mol. The van der Waals surface area contributed by atoms with Crippen LogP contribution in [-0.4, -0.2) is 21.1 Å². The van der Waals surface area contributed by atoms with Gasteiger partial charge in [0.05, 0.1) is 22.9 Å². The van der Waals surface area contributed by atoms with E-state index in [-0.39, 0.29) is 5.91 Å². The number of carbonyl (C=O) groups excluding carboxylic acids is 1. The second-order valence-corrected chi connectivity index (χ2v) is 3.95. The fourth-order valence-corrected chi connectivity index (χ4v) is 1.06. The molecule has 0 aliphatic carbocycles. The Morgan fingerprint density at radius 3 is 2.50 bits per heavy atom. The molecule has 0 unspecified atom stereocenters. The zero-order valence-corrected chi connectivity index (χ0v) is 11.1. The zero-order valence-electron chi connectivity index (χ0n) is 8.91. The molecule has 0 spiro atoms. The van der Waals surface area contributed by atoms with Crippen LogP contribution in [0.4, 0.5) is 0 Å². The van der Waals surface area contributed by atoms with Gasteiger partial charge in [0.25, 0.3) is 5.91 Å². The molecule has 0 aliphatic rings. The highest BCUT2D eigenvalue weighted by atomic mass is 127. The van der Waals surface area contributed by atoms with Crippen molar-refractivity contribution in [1.29, 1.82) is 0 Å². The van der Waals surface area contributed by atoms with Gasteiger partial charge in [0, 0.05) is 13.2 Å². The number of hydrogen-bond acceptors (Lipinski definition) is 2. The molecule has 0 aromatic carbocycles. The van der Waals surface area contributed by atoms with Crippen LogP contribution in [0.2, 0.25) is 0 Å². The number of pyridine rings is 1. The standard InChI is InChI=1S/C8H9IN2O.C2H6/c1-6-3-4-10-7(5-6)8(12)11(2)9;1-2/h3-5H,1-2H3;1-2H3. The van der Waals surface area contributed by atoms with Crippen molar-refractivity contribution in [2.45, 2.75) is 20.8 Å². The van der Waals surface area contributed by atoms with E-state index in [9.17, 15) is 4.79 Å². The Morgan fingerprint density at radius 2 is 2.07 bits per heavy atom. The SMILES string of the molecule is CC.Cc1ccnc(C(=O)N(C)I)c1. The van der Waals surface area contributed by atoms with Crippen molar-refractivity contribution in [2.24, 2.45) is 0 Å². The quantitative estimate of drug-likeness (QED) is 0.590. The Morgan fingerprint density at radius 1 is 1.50 bits per heavy atom. The monoisotopic (exact) mass is 306 g/mol. The number of carbonyl (C=O) groups is 1. The largest absolute Gasteiger partial charge is 0.283 e. The molecule has 0 radical (unpaired) electrons. The summed E-state index contributed by atoms with van der Waals surface area (Å²) in [6.45, 7) is 5.94. The second kappa shape index (κ2) is 6.75. The summed E-state index contributed by atoms with van der Waals surface area (Å²) in [5, 5.41) is 0. The van der Waals surface area contributed by atoms with Gasteiger partial charge in [-0.15, -0.1) is 0 Å². The van der Waals surface area contributed by atoms with Gasteiger partial charge in [-0.2, -0.15) is 0 Å². The molecule has 1 heterocycles. The van der Waals surface area contributed by atoms with Crippen LogP contribution in [0.25, 0.3) is 0 Å². The number of nitrogens with zero attached hydrogens (tertiary/aromatic N) is 2. The first-order valence-corrected chi connectivity index (χ1v) is 5.44. The van der Waals surface area contributed by atoms with E-state index < -0.39 is 0 Å². The summed E-state index contributed by atoms with van der Waals surface area (Å²) in [4.78, 5) is 15.3. The highest BCUT2D eigenvalue weighted by molar-refractivity contribution is 14.1. The lowest BCUT2D eigenvalue weighted by Crippen LogP contribution is -2.16. The number of aromatic nitrogens is 1. The molecule has 0 N–H and O–H groups in total. The molecule has 1 aromatic rings. The van der Waals surface area contributed by atoms with E-state index in [2.05, 4.69) is 4.98 Å². The number of hydrogen-bond donors (Lipinski definition) is 0. The zero-order chi connectivity index (χ0) is 11.1. The molecule has 0 fully saturated rings. The van der Waals surface area contributed by atoms with Crippen molar-refractivity contribution >= 4 is 28.8 Å². The van der Waals surface area contributed by atoms with Crippen molar-refractivity contribution in [3.8, 4) is 0 Å². The number of aryl methyl sites for hydroxylation is 1. The number of rotatable bonds is 1. The van der Waals surface area contributed by atoms with Gasteiger partial charge in [-0.3, -0.25) is 12.9 Å². The third kappa shape index (κ3) is 4.04. The molecule has 78 valence electrons. The van der Waals surface area contributed by atoms with Gasteiger partial charge in [-0.1, -0.05) is 13.8 Å². The van der Waals surface area contributed by atoms with Crippen molar-refractivity contribution in [3.05, 3.63) is 29.6 Å². The molecule has 3 nitrogen and oxygen atoms in total. The van der Waals surface area contributed by atoms with Crippen LogP contribution in [0.15, 0.2) is 18.3 Å². The first-order chi connectivity index (χ1) is 6.61. The first kappa shape index (κ1) is 13.4. The highest BCUT2D eigenvalue weighted by Gasteiger charge is 2.09. The van der Waals surface area contributed by atoms with Gasteiger partial charge < -0.3 is 0 Å². The molecule has 0 aliphatic heterocycles. The third-order valence-corrected chi connectivity index (χ3v) is 1.85. The summed E-state index contributed by atoms with van der Waals surface area (Å²) in [6, 6.07) is 3.64. The Hall–Kier alpha value is -0.650. The van der Waals surface area contributed by atoms with Gasteiger partial charge >= 0.3 is 0 Å². The molecule has 1 amide bonds. The minimum atomic E-state index is -0.0701. The maximum Gasteiger partial charge on any atom is 0.280 e. The van der Waals surface area contributed by atoms with E-state index in [0.29, 0.717) is 5.69 Å². The third-order valence-electron chi connectivity index (χ3n) is 1.41. The fraction of sp³-hybridized carbons (Fsp3) is 0.400. The minimum absolute atomic E-state index is 0.0701. The summed E-state index contributed by atoms with van der Waals surface area (Å²) in [5.41, 5.74) is 1.54. The van der Waals surface area contributed by atoms with Gasteiger partial charge in [-0.05, 0) is 24.6 Å². The molecule has 1 aromatic heterocycles. The molecule has 0 saturated heterocycles. The van der Waals surface area contributed by atoms with Crippen molar-refractivity contribution in [2.75, 3.05) is 7.05 Å². The van der Waals surface area contributed by atoms with Gasteiger partial charge in [0.2, 0.25) is 0 Å². The Labute approximate surface area is 99.0 Å². The van der Waals surface area contributed by atoms with E-state index >= 15 is 0 Å². The Bertz CT molecular complexity index is 300. The van der Waals surface area contributed by atoms with Crippen LogP contribution >= 0.6 is 22.9 Å². The van der Waals surface area contributed by atoms with Crippen molar-refractivity contribution in [1.82, 2.24) is 8.10 Å². The average Bonchev–Trinajstić information content (AvgIpc) is 2.19. The molecule has 0 saturated carbocycles. The van der Waals surface area contributed by atoms with Crippen LogP contribution in [0.3, 0.4) is 0 Å². The summed E-state index contributed by atoms with van der Waals surface area (Å²) in [6.07, 6.45) is 1.64. The summed E-state index contributed by atoms with van der Waals surface area (Å²) in [7, 11) is 1.70. The normalized spacial score (nSPS) is 8.64. The highest BCUT2D eigenvalue weighted by Crippen LogP contribution is 2.05. The van der Waals surface area contributed by atoms with Crippen LogP contribution in [0, 0.1) is 6.92 Å². The van der Waals surface area contributed by atoms with E-state index in [1.165, 1.54) is 3.11 Å². The van der Waals surface area contributed by atoms with E-state index in [1.807, 2.05) is 49.7 Å². The Kier molecular flexibility index (Phi) is 6.44. The van der Waals surface area contributed by atoms with Crippen LogP contribution in [0.1, 0.15) is 29.9 Å². The van der Waals surface area contributed by atoms with Crippen LogP contribution < -0.4 is 0 Å². The van der Waals surface area contributed by atoms with E-state index in [0.717, 1.165) is 5.56 Å². The predicted octanol–water partition coefficient (Wildman–Crippen LogP) is 2.84. The number of amides is 1. The van der Waals surface area contributed by atoms with Crippen LogP contribution in [0.5, 0.6) is 0 Å². The van der Waals surface area contributed by atoms with Gasteiger partial charge in [0.1, 0.15) is 5.69 Å². The van der Waals surface area contributed by atoms with Crippen molar-refractivity contribution in [3.63, 3.8) is 0 Å². The maximum absolute atomic E-state index is 11.4. The second-order valence-electron chi connectivity index (χ2n) is 2.50. The molecule has 0 atom stereocenters. The lowest BCUT2D eigenvalue weighted by molar-refractivity contribution is 0.0901. The number of halogens is 1. The van der Waals surface area contributed by atoms with Crippen molar-refractivity contribution < 1.29 is 4.79 Å². The van der Waals surface area contributed by atoms with E-state index in [4.69, 9.17) is 0 Å². The Balaban J connectivity index is 0.000000791. The molecule has 14 heavy (non-hydrogen) atoms. The van der Waals surface area contributed by atoms with Gasteiger partial charge in [0.15, 0.2) is 0 Å². The fourth-order valence-electron chi connectivity index (χ4n) is 0.811.